The second-order valence-corrected chi connectivity index (χ2v) is 4.94. The van der Waals surface area contributed by atoms with E-state index in [1.165, 1.54) is 0 Å². The minimum atomic E-state index is -0.0751. The molecule has 2 rings (SSSR count). The highest BCUT2D eigenvalue weighted by Gasteiger charge is 2.15. The second-order valence-electron chi connectivity index (χ2n) is 4.94. The molecule has 114 valence electrons. The SMILES string of the molecule is C=CCOc1cccc(NC(=O)CNCC2CCCO2)c1. The molecular weight excluding hydrogens is 268 g/mol. The fourth-order valence-electron chi connectivity index (χ4n) is 2.18. The third-order valence-corrected chi connectivity index (χ3v) is 3.17. The highest BCUT2D eigenvalue weighted by molar-refractivity contribution is 5.92. The Hall–Kier alpha value is -1.85. The maximum Gasteiger partial charge on any atom is 0.238 e. The van der Waals surface area contributed by atoms with Crippen molar-refractivity contribution in [3.8, 4) is 5.75 Å². The zero-order valence-corrected chi connectivity index (χ0v) is 12.1. The average Bonchev–Trinajstić information content (AvgIpc) is 2.99. The Labute approximate surface area is 125 Å². The number of amides is 1. The van der Waals surface area contributed by atoms with Gasteiger partial charge in [-0.3, -0.25) is 4.79 Å². The Morgan fingerprint density at radius 3 is 3.19 bits per heavy atom. The summed E-state index contributed by atoms with van der Waals surface area (Å²) >= 11 is 0. The van der Waals surface area contributed by atoms with Crippen LogP contribution >= 0.6 is 0 Å². The molecule has 21 heavy (non-hydrogen) atoms. The van der Waals surface area contributed by atoms with Crippen LogP contribution in [0.5, 0.6) is 5.75 Å². The summed E-state index contributed by atoms with van der Waals surface area (Å²) in [5.41, 5.74) is 0.723. The van der Waals surface area contributed by atoms with E-state index >= 15 is 0 Å². The summed E-state index contributed by atoms with van der Waals surface area (Å²) in [6.45, 7) is 5.87. The van der Waals surface area contributed by atoms with Crippen LogP contribution in [-0.2, 0) is 9.53 Å². The van der Waals surface area contributed by atoms with E-state index in [-0.39, 0.29) is 18.6 Å². The number of carbonyl (C=O) groups excluding carboxylic acids is 1. The minimum absolute atomic E-state index is 0.0751. The molecule has 1 aliphatic heterocycles. The van der Waals surface area contributed by atoms with Gasteiger partial charge in [-0.1, -0.05) is 18.7 Å². The van der Waals surface area contributed by atoms with Crippen LogP contribution in [-0.4, -0.2) is 38.3 Å². The molecule has 1 saturated heterocycles. The molecule has 1 amide bonds. The lowest BCUT2D eigenvalue weighted by Crippen LogP contribution is -2.33. The van der Waals surface area contributed by atoms with E-state index in [4.69, 9.17) is 9.47 Å². The zero-order valence-electron chi connectivity index (χ0n) is 12.1. The maximum absolute atomic E-state index is 11.8. The van der Waals surface area contributed by atoms with Gasteiger partial charge in [-0.2, -0.15) is 0 Å². The number of hydrogen-bond acceptors (Lipinski definition) is 4. The lowest BCUT2D eigenvalue weighted by Gasteiger charge is -2.11. The first-order valence-corrected chi connectivity index (χ1v) is 7.24. The average molecular weight is 290 g/mol. The Morgan fingerprint density at radius 2 is 2.43 bits per heavy atom. The molecule has 1 aliphatic rings. The first-order chi connectivity index (χ1) is 10.3. The van der Waals surface area contributed by atoms with Gasteiger partial charge in [0.2, 0.25) is 5.91 Å². The van der Waals surface area contributed by atoms with Crippen molar-refractivity contribution < 1.29 is 14.3 Å². The molecule has 0 aliphatic carbocycles. The molecule has 1 aromatic carbocycles. The predicted octanol–water partition coefficient (Wildman–Crippen LogP) is 1.96. The molecule has 5 heteroatoms. The number of rotatable bonds is 8. The van der Waals surface area contributed by atoms with E-state index < -0.39 is 0 Å². The third-order valence-electron chi connectivity index (χ3n) is 3.17. The van der Waals surface area contributed by atoms with Crippen LogP contribution in [0, 0.1) is 0 Å². The molecule has 1 atom stereocenters. The predicted molar refractivity (Wildman–Crippen MR) is 82.6 cm³/mol. The first kappa shape index (κ1) is 15.5. The van der Waals surface area contributed by atoms with E-state index in [0.29, 0.717) is 12.4 Å². The number of nitrogens with one attached hydrogen (secondary N) is 2. The Balaban J connectivity index is 1.72. The largest absolute Gasteiger partial charge is 0.489 e. The molecule has 5 nitrogen and oxygen atoms in total. The van der Waals surface area contributed by atoms with Gasteiger partial charge < -0.3 is 20.1 Å². The van der Waals surface area contributed by atoms with Crippen LogP contribution in [0.2, 0.25) is 0 Å². The zero-order chi connectivity index (χ0) is 14.9. The Kier molecular flexibility index (Phi) is 6.24. The lowest BCUT2D eigenvalue weighted by molar-refractivity contribution is -0.115. The van der Waals surface area contributed by atoms with E-state index in [0.717, 1.165) is 31.7 Å². The molecule has 0 radical (unpaired) electrons. The standard InChI is InChI=1S/C16H22N2O3/c1-2-8-20-14-6-3-5-13(10-14)18-16(19)12-17-11-15-7-4-9-21-15/h2-3,5-6,10,15,17H,1,4,7-9,11-12H2,(H,18,19). The fourth-order valence-corrected chi connectivity index (χ4v) is 2.18. The van der Waals surface area contributed by atoms with Crippen molar-refractivity contribution in [1.82, 2.24) is 5.32 Å². The quantitative estimate of drug-likeness (QED) is 0.719. The van der Waals surface area contributed by atoms with Gasteiger partial charge in [-0.25, -0.2) is 0 Å². The van der Waals surface area contributed by atoms with E-state index in [1.807, 2.05) is 18.2 Å². The van der Waals surface area contributed by atoms with E-state index in [9.17, 15) is 4.79 Å². The van der Waals surface area contributed by atoms with Gasteiger partial charge >= 0.3 is 0 Å². The summed E-state index contributed by atoms with van der Waals surface area (Å²) in [5.74, 6) is 0.633. The monoisotopic (exact) mass is 290 g/mol. The van der Waals surface area contributed by atoms with Crippen LogP contribution in [0.4, 0.5) is 5.69 Å². The van der Waals surface area contributed by atoms with Crippen molar-refractivity contribution in [3.63, 3.8) is 0 Å². The van der Waals surface area contributed by atoms with Crippen LogP contribution in [0.3, 0.4) is 0 Å². The van der Waals surface area contributed by atoms with Crippen LogP contribution in [0.15, 0.2) is 36.9 Å². The molecule has 1 aromatic rings. The molecular formula is C16H22N2O3. The molecule has 2 N–H and O–H groups in total. The van der Waals surface area contributed by atoms with Crippen LogP contribution in [0.1, 0.15) is 12.8 Å². The molecule has 1 heterocycles. The first-order valence-electron chi connectivity index (χ1n) is 7.24. The summed E-state index contributed by atoms with van der Waals surface area (Å²) in [7, 11) is 0. The van der Waals surface area contributed by atoms with Gasteiger partial charge in [-0.05, 0) is 25.0 Å². The fraction of sp³-hybridized carbons (Fsp3) is 0.438. The van der Waals surface area contributed by atoms with Gasteiger partial charge in [0.05, 0.1) is 12.6 Å². The smallest absolute Gasteiger partial charge is 0.238 e. The van der Waals surface area contributed by atoms with Crippen LogP contribution in [0.25, 0.3) is 0 Å². The van der Waals surface area contributed by atoms with Crippen molar-refractivity contribution in [2.24, 2.45) is 0 Å². The summed E-state index contributed by atoms with van der Waals surface area (Å²) in [6.07, 6.45) is 4.10. The lowest BCUT2D eigenvalue weighted by atomic mass is 10.2. The van der Waals surface area contributed by atoms with Gasteiger partial charge in [0.25, 0.3) is 0 Å². The normalized spacial score (nSPS) is 17.4. The molecule has 1 fully saturated rings. The van der Waals surface area contributed by atoms with Crippen molar-refractivity contribution in [3.05, 3.63) is 36.9 Å². The highest BCUT2D eigenvalue weighted by atomic mass is 16.5. The second kappa shape index (κ2) is 8.44. The Morgan fingerprint density at radius 1 is 1.52 bits per heavy atom. The van der Waals surface area contributed by atoms with Gasteiger partial charge in [0, 0.05) is 24.9 Å². The van der Waals surface area contributed by atoms with Gasteiger partial charge in [0.15, 0.2) is 0 Å². The van der Waals surface area contributed by atoms with Crippen LogP contribution < -0.4 is 15.4 Å². The van der Waals surface area contributed by atoms with Crippen molar-refractivity contribution in [2.45, 2.75) is 18.9 Å². The summed E-state index contributed by atoms with van der Waals surface area (Å²) in [4.78, 5) is 11.8. The van der Waals surface area contributed by atoms with Gasteiger partial charge in [0.1, 0.15) is 12.4 Å². The number of carbonyl (C=O) groups is 1. The number of hydrogen-bond donors (Lipinski definition) is 2. The molecule has 0 aromatic heterocycles. The summed E-state index contributed by atoms with van der Waals surface area (Å²) in [5, 5.41) is 5.95. The number of anilines is 1. The van der Waals surface area contributed by atoms with Crippen molar-refractivity contribution in [1.29, 1.82) is 0 Å². The number of ether oxygens (including phenoxy) is 2. The summed E-state index contributed by atoms with van der Waals surface area (Å²) < 4.78 is 10.9. The minimum Gasteiger partial charge on any atom is -0.489 e. The molecule has 0 saturated carbocycles. The molecule has 0 spiro atoms. The topological polar surface area (TPSA) is 59.6 Å². The molecule has 1 unspecified atom stereocenters. The number of benzene rings is 1. The summed E-state index contributed by atoms with van der Waals surface area (Å²) in [6, 6.07) is 7.31. The third kappa shape index (κ3) is 5.57. The molecule has 0 bridgehead atoms. The van der Waals surface area contributed by atoms with E-state index in [1.54, 1.807) is 12.1 Å². The van der Waals surface area contributed by atoms with Crippen molar-refractivity contribution >= 4 is 11.6 Å². The highest BCUT2D eigenvalue weighted by Crippen LogP contribution is 2.17. The van der Waals surface area contributed by atoms with Gasteiger partial charge in [-0.15, -0.1) is 0 Å². The van der Waals surface area contributed by atoms with E-state index in [2.05, 4.69) is 17.2 Å². The van der Waals surface area contributed by atoms with Crippen molar-refractivity contribution in [2.75, 3.05) is 31.6 Å². The Bertz CT molecular complexity index is 470. The maximum atomic E-state index is 11.8.